The summed E-state index contributed by atoms with van der Waals surface area (Å²) in [6.45, 7) is 0. The third kappa shape index (κ3) is 3.75. The van der Waals surface area contributed by atoms with Crippen LogP contribution in [0.4, 0.5) is 10.6 Å². The van der Waals surface area contributed by atoms with Crippen LogP contribution in [-0.2, 0) is 0 Å². The van der Waals surface area contributed by atoms with Crippen molar-refractivity contribution in [3.05, 3.63) is 22.8 Å². The second kappa shape index (κ2) is 6.44. The third-order valence-corrected chi connectivity index (χ3v) is 3.66. The number of carbonyl (C=O) groups is 1. The van der Waals surface area contributed by atoms with E-state index in [1.54, 1.807) is 12.1 Å². The molecule has 1 aliphatic rings. The Morgan fingerprint density at radius 1 is 1.35 bits per heavy atom. The lowest BCUT2D eigenvalue weighted by Crippen LogP contribution is -2.39. The summed E-state index contributed by atoms with van der Waals surface area (Å²) in [7, 11) is 0. The normalized spacial score (nSPS) is 21.8. The number of nitrogens with zero attached hydrogens (tertiary/aromatic N) is 2. The molecule has 0 atom stereocenters. The maximum atomic E-state index is 10.6. The molecule has 0 radical (unpaired) electrons. The van der Waals surface area contributed by atoms with Crippen molar-refractivity contribution in [2.45, 2.75) is 37.8 Å². The highest BCUT2D eigenvalue weighted by molar-refractivity contribution is 6.30. The van der Waals surface area contributed by atoms with Crippen molar-refractivity contribution in [2.24, 2.45) is 0 Å². The first-order valence-corrected chi connectivity index (χ1v) is 6.79. The Morgan fingerprint density at radius 3 is 2.55 bits per heavy atom. The predicted octanol–water partition coefficient (Wildman–Crippen LogP) is 2.60. The fraction of sp³-hybridized carbons (Fsp3) is 0.462. The second-order valence-electron chi connectivity index (χ2n) is 4.79. The molecule has 20 heavy (non-hydrogen) atoms. The SMILES string of the molecule is N#Cc1ccc(NC2CCC(NC(=O)O)CC2)nc1Cl. The van der Waals surface area contributed by atoms with Crippen molar-refractivity contribution >= 4 is 23.5 Å². The first-order valence-electron chi connectivity index (χ1n) is 6.41. The zero-order valence-electron chi connectivity index (χ0n) is 10.8. The summed E-state index contributed by atoms with van der Waals surface area (Å²) in [4.78, 5) is 14.7. The van der Waals surface area contributed by atoms with E-state index in [9.17, 15) is 4.79 Å². The quantitative estimate of drug-likeness (QED) is 0.744. The van der Waals surface area contributed by atoms with E-state index in [1.807, 2.05) is 6.07 Å². The van der Waals surface area contributed by atoms with E-state index in [0.717, 1.165) is 25.7 Å². The zero-order chi connectivity index (χ0) is 14.5. The van der Waals surface area contributed by atoms with Gasteiger partial charge >= 0.3 is 6.09 Å². The molecule has 0 aromatic carbocycles. The summed E-state index contributed by atoms with van der Waals surface area (Å²) in [5, 5.41) is 23.4. The smallest absolute Gasteiger partial charge is 0.404 e. The van der Waals surface area contributed by atoms with Crippen molar-refractivity contribution < 1.29 is 9.90 Å². The molecule has 106 valence electrons. The molecule has 1 fully saturated rings. The van der Waals surface area contributed by atoms with Gasteiger partial charge in [-0.3, -0.25) is 0 Å². The number of anilines is 1. The summed E-state index contributed by atoms with van der Waals surface area (Å²) in [5.74, 6) is 0.642. The summed E-state index contributed by atoms with van der Waals surface area (Å²) in [6.07, 6.45) is 2.36. The number of rotatable bonds is 3. The maximum absolute atomic E-state index is 10.6. The minimum absolute atomic E-state index is 0.0306. The second-order valence-corrected chi connectivity index (χ2v) is 5.15. The van der Waals surface area contributed by atoms with Gasteiger partial charge in [0.1, 0.15) is 17.0 Å². The molecule has 0 bridgehead atoms. The number of hydrogen-bond acceptors (Lipinski definition) is 4. The van der Waals surface area contributed by atoms with Crippen LogP contribution < -0.4 is 10.6 Å². The minimum Gasteiger partial charge on any atom is -0.465 e. The van der Waals surface area contributed by atoms with E-state index >= 15 is 0 Å². The van der Waals surface area contributed by atoms with Crippen LogP contribution in [0.1, 0.15) is 31.2 Å². The average molecular weight is 295 g/mol. The first kappa shape index (κ1) is 14.4. The molecule has 7 heteroatoms. The molecule has 1 saturated carbocycles. The van der Waals surface area contributed by atoms with Crippen LogP contribution in [0.2, 0.25) is 5.15 Å². The van der Waals surface area contributed by atoms with Crippen LogP contribution in [-0.4, -0.2) is 28.3 Å². The largest absolute Gasteiger partial charge is 0.465 e. The predicted molar refractivity (Wildman–Crippen MR) is 74.8 cm³/mol. The van der Waals surface area contributed by atoms with E-state index in [0.29, 0.717) is 11.4 Å². The van der Waals surface area contributed by atoms with Gasteiger partial charge < -0.3 is 15.7 Å². The summed E-state index contributed by atoms with van der Waals surface area (Å²) in [6, 6.07) is 5.61. The molecule has 1 heterocycles. The number of halogens is 1. The fourth-order valence-corrected chi connectivity index (χ4v) is 2.56. The van der Waals surface area contributed by atoms with Crippen molar-refractivity contribution in [3.8, 4) is 6.07 Å². The van der Waals surface area contributed by atoms with Crippen molar-refractivity contribution in [3.63, 3.8) is 0 Å². The van der Waals surface area contributed by atoms with E-state index in [-0.39, 0.29) is 17.2 Å². The number of hydrogen-bond donors (Lipinski definition) is 3. The Kier molecular flexibility index (Phi) is 4.64. The highest BCUT2D eigenvalue weighted by Crippen LogP contribution is 2.23. The number of nitriles is 1. The topological polar surface area (TPSA) is 98.0 Å². The first-order chi connectivity index (χ1) is 9.58. The zero-order valence-corrected chi connectivity index (χ0v) is 11.5. The Bertz CT molecular complexity index is 536. The molecule has 0 aliphatic heterocycles. The van der Waals surface area contributed by atoms with Crippen LogP contribution in [0.25, 0.3) is 0 Å². The number of carboxylic acid groups (broad SMARTS) is 1. The highest BCUT2D eigenvalue weighted by atomic mass is 35.5. The van der Waals surface area contributed by atoms with E-state index in [1.165, 1.54) is 0 Å². The number of nitrogens with one attached hydrogen (secondary N) is 2. The molecule has 6 nitrogen and oxygen atoms in total. The van der Waals surface area contributed by atoms with Gasteiger partial charge in [0.2, 0.25) is 0 Å². The van der Waals surface area contributed by atoms with E-state index in [4.69, 9.17) is 22.0 Å². The van der Waals surface area contributed by atoms with E-state index in [2.05, 4.69) is 15.6 Å². The molecule has 0 saturated heterocycles. The lowest BCUT2D eigenvalue weighted by atomic mass is 9.91. The third-order valence-electron chi connectivity index (χ3n) is 3.38. The molecule has 0 spiro atoms. The molecule has 1 amide bonds. The lowest BCUT2D eigenvalue weighted by Gasteiger charge is -2.29. The van der Waals surface area contributed by atoms with Gasteiger partial charge in [-0.15, -0.1) is 0 Å². The van der Waals surface area contributed by atoms with Crippen LogP contribution in [0.15, 0.2) is 12.1 Å². The van der Waals surface area contributed by atoms with Gasteiger partial charge in [-0.2, -0.15) is 5.26 Å². The number of aromatic nitrogens is 1. The Labute approximate surface area is 121 Å². The molecule has 1 aromatic rings. The van der Waals surface area contributed by atoms with Gasteiger partial charge in [0.05, 0.1) is 5.56 Å². The molecule has 2 rings (SSSR count). The number of amides is 1. The Hall–Kier alpha value is -2.00. The van der Waals surface area contributed by atoms with Crippen LogP contribution in [0.3, 0.4) is 0 Å². The van der Waals surface area contributed by atoms with Gasteiger partial charge in [-0.05, 0) is 37.8 Å². The van der Waals surface area contributed by atoms with Crippen molar-refractivity contribution in [1.29, 1.82) is 5.26 Å². The molecular weight excluding hydrogens is 280 g/mol. The molecular formula is C13H15ClN4O2. The summed E-state index contributed by atoms with van der Waals surface area (Å²) < 4.78 is 0. The molecule has 0 unspecified atom stereocenters. The molecule has 1 aromatic heterocycles. The molecule has 1 aliphatic carbocycles. The van der Waals surface area contributed by atoms with Gasteiger partial charge in [0.25, 0.3) is 0 Å². The molecule has 3 N–H and O–H groups in total. The van der Waals surface area contributed by atoms with Crippen LogP contribution in [0, 0.1) is 11.3 Å². The summed E-state index contributed by atoms with van der Waals surface area (Å²) in [5.41, 5.74) is 0.353. The highest BCUT2D eigenvalue weighted by Gasteiger charge is 2.22. The van der Waals surface area contributed by atoms with Gasteiger partial charge in [0.15, 0.2) is 0 Å². The van der Waals surface area contributed by atoms with Gasteiger partial charge in [0, 0.05) is 12.1 Å². The lowest BCUT2D eigenvalue weighted by molar-refractivity contribution is 0.185. The maximum Gasteiger partial charge on any atom is 0.404 e. The average Bonchev–Trinajstić information content (AvgIpc) is 2.41. The standard InChI is InChI=1S/C13H15ClN4O2/c14-12-8(7-15)1-6-11(18-12)16-9-2-4-10(5-3-9)17-13(19)20/h1,6,9-10,17H,2-5H2,(H,16,18)(H,19,20). The minimum atomic E-state index is -0.970. The fourth-order valence-electron chi connectivity index (χ4n) is 2.36. The van der Waals surface area contributed by atoms with Crippen molar-refractivity contribution in [1.82, 2.24) is 10.3 Å². The van der Waals surface area contributed by atoms with Gasteiger partial charge in [-0.1, -0.05) is 11.6 Å². The number of pyridine rings is 1. The van der Waals surface area contributed by atoms with Crippen LogP contribution >= 0.6 is 11.6 Å². The monoisotopic (exact) mass is 294 g/mol. The Balaban J connectivity index is 1.88. The summed E-state index contributed by atoms with van der Waals surface area (Å²) >= 11 is 5.88. The van der Waals surface area contributed by atoms with Gasteiger partial charge in [-0.25, -0.2) is 9.78 Å². The van der Waals surface area contributed by atoms with E-state index < -0.39 is 6.09 Å². The van der Waals surface area contributed by atoms with Crippen LogP contribution in [0.5, 0.6) is 0 Å². The Morgan fingerprint density at radius 2 is 2.00 bits per heavy atom. The van der Waals surface area contributed by atoms with Crippen molar-refractivity contribution in [2.75, 3.05) is 5.32 Å².